The van der Waals surface area contributed by atoms with Gasteiger partial charge >= 0.3 is 0 Å². The van der Waals surface area contributed by atoms with Crippen LogP contribution in [-0.4, -0.2) is 44.3 Å². The van der Waals surface area contributed by atoms with Gasteiger partial charge in [0.15, 0.2) is 0 Å². The number of hydrogen-bond acceptors (Lipinski definition) is 6. The van der Waals surface area contributed by atoms with Crippen molar-refractivity contribution in [3.05, 3.63) is 109 Å². The summed E-state index contributed by atoms with van der Waals surface area (Å²) >= 11 is 0. The molecule has 1 atom stereocenters. The van der Waals surface area contributed by atoms with Gasteiger partial charge in [-0.1, -0.05) is 43.0 Å². The van der Waals surface area contributed by atoms with Crippen molar-refractivity contribution in [1.82, 2.24) is 9.88 Å². The number of rotatable bonds is 8. The molecule has 1 aliphatic rings. The third-order valence-corrected chi connectivity index (χ3v) is 8.32. The van der Waals surface area contributed by atoms with Crippen LogP contribution in [-0.2, 0) is 10.0 Å². The average molecular weight is 554 g/mol. The van der Waals surface area contributed by atoms with E-state index in [1.165, 1.54) is 11.8 Å². The standard InChI is InChI=1S/C31H31N5O3S/c1-3-31(36-16-15-24(21-36)22-9-12-27(39-2)13-10-22)34-30-18-23(11-14-29(30)32)25-17-26(20-33-19-25)35-40(37,38)28-7-5-4-6-8-28/h3-14,17-20,24,35H,1,15-16,21,32H2,2H3. The van der Waals surface area contributed by atoms with Gasteiger partial charge in [0.25, 0.3) is 10.0 Å². The molecule has 3 N–H and O–H groups in total. The van der Waals surface area contributed by atoms with Crippen LogP contribution in [0, 0.1) is 0 Å². The highest BCUT2D eigenvalue weighted by Crippen LogP contribution is 2.33. The number of nitrogens with two attached hydrogens (primary N) is 1. The van der Waals surface area contributed by atoms with E-state index in [0.717, 1.165) is 42.2 Å². The summed E-state index contributed by atoms with van der Waals surface area (Å²) in [5, 5.41) is 0. The van der Waals surface area contributed by atoms with E-state index in [4.69, 9.17) is 15.5 Å². The van der Waals surface area contributed by atoms with Crippen molar-refractivity contribution in [3.8, 4) is 16.9 Å². The van der Waals surface area contributed by atoms with Gasteiger partial charge in [0.2, 0.25) is 0 Å². The fourth-order valence-corrected chi connectivity index (χ4v) is 5.83. The van der Waals surface area contributed by atoms with E-state index >= 15 is 0 Å². The summed E-state index contributed by atoms with van der Waals surface area (Å²) in [6.45, 7) is 5.68. The monoisotopic (exact) mass is 553 g/mol. The lowest BCUT2D eigenvalue weighted by Crippen LogP contribution is -2.26. The van der Waals surface area contributed by atoms with Crippen LogP contribution in [0.15, 0.2) is 114 Å². The number of nitrogens with one attached hydrogen (secondary N) is 1. The summed E-state index contributed by atoms with van der Waals surface area (Å²) in [5.74, 6) is 1.98. The van der Waals surface area contributed by atoms with Crippen LogP contribution in [0.2, 0.25) is 0 Å². The number of amidine groups is 1. The highest BCUT2D eigenvalue weighted by Gasteiger charge is 2.25. The predicted octanol–water partition coefficient (Wildman–Crippen LogP) is 5.85. The van der Waals surface area contributed by atoms with E-state index in [1.54, 1.807) is 61.8 Å². The molecule has 4 aromatic rings. The largest absolute Gasteiger partial charge is 0.497 e. The zero-order valence-corrected chi connectivity index (χ0v) is 23.0. The molecule has 0 amide bonds. The molecule has 0 spiro atoms. The number of nitrogens with zero attached hydrogens (tertiary/aromatic N) is 3. The van der Waals surface area contributed by atoms with Crippen LogP contribution < -0.4 is 15.2 Å². The minimum absolute atomic E-state index is 0.178. The molecule has 5 rings (SSSR count). The molecule has 0 bridgehead atoms. The van der Waals surface area contributed by atoms with Gasteiger partial charge in [-0.25, -0.2) is 13.4 Å². The summed E-state index contributed by atoms with van der Waals surface area (Å²) in [4.78, 5) is 11.5. The van der Waals surface area contributed by atoms with Gasteiger partial charge in [0.05, 0.1) is 35.3 Å². The van der Waals surface area contributed by atoms with E-state index in [-0.39, 0.29) is 4.90 Å². The third kappa shape index (κ3) is 6.00. The van der Waals surface area contributed by atoms with Crippen molar-refractivity contribution < 1.29 is 13.2 Å². The molecule has 1 unspecified atom stereocenters. The lowest BCUT2D eigenvalue weighted by atomic mass is 9.98. The number of pyridine rings is 1. The SMILES string of the molecule is C=CC(=Nc1cc(-c2cncc(NS(=O)(=O)c3ccccc3)c2)ccc1N)N1CCC(c2ccc(OC)cc2)C1. The molecule has 0 saturated carbocycles. The second-order valence-corrected chi connectivity index (χ2v) is 11.2. The first-order chi connectivity index (χ1) is 19.4. The molecule has 0 radical (unpaired) electrons. The Labute approximate surface area is 234 Å². The van der Waals surface area contributed by atoms with Crippen LogP contribution >= 0.6 is 0 Å². The number of aromatic nitrogens is 1. The first-order valence-electron chi connectivity index (χ1n) is 12.9. The number of nitrogen functional groups attached to an aromatic ring is 1. The molecule has 1 saturated heterocycles. The number of likely N-dealkylation sites (tertiary alicyclic amines) is 1. The fraction of sp³-hybridized carbons (Fsp3) is 0.161. The fourth-order valence-electron chi connectivity index (χ4n) is 4.77. The second kappa shape index (κ2) is 11.6. The van der Waals surface area contributed by atoms with Crippen molar-refractivity contribution in [2.75, 3.05) is 30.7 Å². The number of sulfonamides is 1. The van der Waals surface area contributed by atoms with E-state index in [0.29, 0.717) is 23.0 Å². The van der Waals surface area contributed by atoms with Gasteiger partial charge in [-0.05, 0) is 66.1 Å². The van der Waals surface area contributed by atoms with Crippen LogP contribution in [0.3, 0.4) is 0 Å². The molecule has 9 heteroatoms. The molecule has 8 nitrogen and oxygen atoms in total. The second-order valence-electron chi connectivity index (χ2n) is 9.53. The average Bonchev–Trinajstić information content (AvgIpc) is 3.47. The normalized spacial score (nSPS) is 15.6. The van der Waals surface area contributed by atoms with Gasteiger partial charge in [-0.3, -0.25) is 9.71 Å². The Hall–Kier alpha value is -4.63. The molecule has 40 heavy (non-hydrogen) atoms. The third-order valence-electron chi connectivity index (χ3n) is 6.92. The molecule has 204 valence electrons. The molecule has 1 aromatic heterocycles. The van der Waals surface area contributed by atoms with Gasteiger partial charge in [-0.2, -0.15) is 0 Å². The van der Waals surface area contributed by atoms with Crippen molar-refractivity contribution in [2.45, 2.75) is 17.2 Å². The van der Waals surface area contributed by atoms with Gasteiger partial charge < -0.3 is 15.4 Å². The summed E-state index contributed by atoms with van der Waals surface area (Å²) < 4.78 is 33.4. The first kappa shape index (κ1) is 27.0. The minimum Gasteiger partial charge on any atom is -0.497 e. The summed E-state index contributed by atoms with van der Waals surface area (Å²) in [6, 6.07) is 23.7. The molecule has 0 aliphatic carbocycles. The number of ether oxygens (including phenoxy) is 1. The minimum atomic E-state index is -3.74. The Morgan fingerprint density at radius 1 is 1.07 bits per heavy atom. The topological polar surface area (TPSA) is 110 Å². The van der Waals surface area contributed by atoms with E-state index in [9.17, 15) is 8.42 Å². The molecule has 1 fully saturated rings. The maximum atomic E-state index is 12.8. The van der Waals surface area contributed by atoms with Crippen molar-refractivity contribution in [1.29, 1.82) is 0 Å². The highest BCUT2D eigenvalue weighted by atomic mass is 32.2. The molecule has 3 aromatic carbocycles. The Morgan fingerprint density at radius 3 is 2.58 bits per heavy atom. The lowest BCUT2D eigenvalue weighted by Gasteiger charge is -2.19. The van der Waals surface area contributed by atoms with Crippen LogP contribution in [0.4, 0.5) is 17.1 Å². The maximum absolute atomic E-state index is 12.8. The number of hydrogen-bond donors (Lipinski definition) is 2. The van der Waals surface area contributed by atoms with Gasteiger partial charge in [0, 0.05) is 30.8 Å². The number of benzene rings is 3. The molecular weight excluding hydrogens is 522 g/mol. The number of aliphatic imine (C=N–C) groups is 1. The highest BCUT2D eigenvalue weighted by molar-refractivity contribution is 7.92. The zero-order valence-electron chi connectivity index (χ0n) is 22.2. The molecule has 2 heterocycles. The Balaban J connectivity index is 1.36. The lowest BCUT2D eigenvalue weighted by molar-refractivity contribution is 0.414. The Bertz CT molecular complexity index is 1640. The van der Waals surface area contributed by atoms with E-state index in [2.05, 4.69) is 33.3 Å². The van der Waals surface area contributed by atoms with Crippen LogP contribution in [0.1, 0.15) is 17.9 Å². The van der Waals surface area contributed by atoms with Gasteiger partial charge in [-0.15, -0.1) is 0 Å². The predicted molar refractivity (Wildman–Crippen MR) is 161 cm³/mol. The zero-order chi connectivity index (χ0) is 28.1. The van der Waals surface area contributed by atoms with Crippen molar-refractivity contribution >= 4 is 32.9 Å². The van der Waals surface area contributed by atoms with Crippen LogP contribution in [0.25, 0.3) is 11.1 Å². The summed E-state index contributed by atoms with van der Waals surface area (Å²) in [7, 11) is -2.07. The van der Waals surface area contributed by atoms with Crippen molar-refractivity contribution in [2.24, 2.45) is 4.99 Å². The Kier molecular flexibility index (Phi) is 7.84. The van der Waals surface area contributed by atoms with Crippen LogP contribution in [0.5, 0.6) is 5.75 Å². The number of methoxy groups -OCH3 is 1. The van der Waals surface area contributed by atoms with E-state index < -0.39 is 10.0 Å². The first-order valence-corrected chi connectivity index (χ1v) is 14.4. The molecule has 1 aliphatic heterocycles. The van der Waals surface area contributed by atoms with E-state index in [1.807, 2.05) is 24.3 Å². The molecular formula is C31H31N5O3S. The van der Waals surface area contributed by atoms with Gasteiger partial charge in [0.1, 0.15) is 11.6 Å². The Morgan fingerprint density at radius 2 is 1.85 bits per heavy atom. The number of anilines is 2. The summed E-state index contributed by atoms with van der Waals surface area (Å²) in [5.41, 5.74) is 10.6. The maximum Gasteiger partial charge on any atom is 0.261 e. The smallest absolute Gasteiger partial charge is 0.261 e. The summed E-state index contributed by atoms with van der Waals surface area (Å²) in [6.07, 6.45) is 5.91. The quantitative estimate of drug-likeness (QED) is 0.161. The van der Waals surface area contributed by atoms with Crippen molar-refractivity contribution in [3.63, 3.8) is 0 Å².